The summed E-state index contributed by atoms with van der Waals surface area (Å²) in [5, 5.41) is 11.2. The van der Waals surface area contributed by atoms with Gasteiger partial charge in [0.25, 0.3) is 11.6 Å². The van der Waals surface area contributed by atoms with E-state index in [0.29, 0.717) is 26.3 Å². The van der Waals surface area contributed by atoms with Gasteiger partial charge in [0.2, 0.25) is 0 Å². The molecule has 4 rings (SSSR count). The average molecular weight is 471 g/mol. The maximum absolute atomic E-state index is 13.0. The summed E-state index contributed by atoms with van der Waals surface area (Å²) in [7, 11) is 0. The number of carbonyl (C=O) groups is 1. The normalized spacial score (nSPS) is 15.2. The van der Waals surface area contributed by atoms with Gasteiger partial charge in [-0.1, -0.05) is 53.3 Å². The van der Waals surface area contributed by atoms with Gasteiger partial charge in [-0.25, -0.2) is 0 Å². The Balaban J connectivity index is 1.63. The Morgan fingerprint density at radius 1 is 1.16 bits per heavy atom. The molecule has 0 unspecified atom stereocenters. The highest BCUT2D eigenvalue weighted by molar-refractivity contribution is 8.27. The molecule has 156 valence electrons. The van der Waals surface area contributed by atoms with Crippen molar-refractivity contribution >= 4 is 63.3 Å². The molecule has 9 heteroatoms. The molecule has 0 radical (unpaired) electrons. The molecule has 3 aromatic rings. The number of nitro groups is 1. The van der Waals surface area contributed by atoms with Crippen molar-refractivity contribution in [1.29, 1.82) is 0 Å². The third-order valence-corrected chi connectivity index (χ3v) is 6.34. The molecule has 2 heterocycles. The van der Waals surface area contributed by atoms with Gasteiger partial charge in [-0.2, -0.15) is 0 Å². The number of hydrogen-bond donors (Lipinski definition) is 0. The summed E-state index contributed by atoms with van der Waals surface area (Å²) in [6, 6.07) is 13.6. The van der Waals surface area contributed by atoms with Gasteiger partial charge in [-0.15, -0.1) is 0 Å². The Hall–Kier alpha value is -2.94. The zero-order valence-electron chi connectivity index (χ0n) is 16.4. The van der Waals surface area contributed by atoms with E-state index in [9.17, 15) is 14.9 Å². The molecule has 1 saturated heterocycles. The van der Waals surface area contributed by atoms with Crippen LogP contribution in [0.15, 0.2) is 57.9 Å². The van der Waals surface area contributed by atoms with E-state index in [1.54, 1.807) is 24.3 Å². The van der Waals surface area contributed by atoms with Gasteiger partial charge in [-0.05, 0) is 49.7 Å². The summed E-state index contributed by atoms with van der Waals surface area (Å²) in [4.78, 5) is 25.5. The fourth-order valence-electron chi connectivity index (χ4n) is 3.25. The van der Waals surface area contributed by atoms with E-state index in [4.69, 9.17) is 28.2 Å². The monoisotopic (exact) mass is 470 g/mol. The predicted octanol–water partition coefficient (Wildman–Crippen LogP) is 6.53. The first-order chi connectivity index (χ1) is 14.7. The van der Waals surface area contributed by atoms with Gasteiger partial charge in [0, 0.05) is 17.7 Å². The molecule has 1 aliphatic heterocycles. The number of benzene rings is 2. The number of amides is 1. The second-order valence-electron chi connectivity index (χ2n) is 6.93. The standard InChI is InChI=1S/C22H15ClN2O4S2/c1-12-3-7-17(13(2)9-12)24-21(26)20(31-22(24)30)11-15-5-8-19(29-15)14-4-6-16(23)18(10-14)25(27)28/h3-11H,1-2H3/b20-11+. The Bertz CT molecular complexity index is 1280. The van der Waals surface area contributed by atoms with Crippen molar-refractivity contribution in [3.05, 3.63) is 85.5 Å². The third-order valence-electron chi connectivity index (χ3n) is 4.71. The van der Waals surface area contributed by atoms with Crippen molar-refractivity contribution in [1.82, 2.24) is 0 Å². The summed E-state index contributed by atoms with van der Waals surface area (Å²) in [6.07, 6.45) is 1.62. The number of furan rings is 1. The van der Waals surface area contributed by atoms with Gasteiger partial charge >= 0.3 is 0 Å². The molecule has 0 atom stereocenters. The molecule has 1 amide bonds. The van der Waals surface area contributed by atoms with Crippen LogP contribution in [0.2, 0.25) is 5.02 Å². The highest BCUT2D eigenvalue weighted by Crippen LogP contribution is 2.38. The topological polar surface area (TPSA) is 76.6 Å². The molecule has 0 spiro atoms. The molecule has 0 aliphatic carbocycles. The van der Waals surface area contributed by atoms with Crippen LogP contribution in [-0.2, 0) is 4.79 Å². The first kappa shape index (κ1) is 21.3. The molecule has 6 nitrogen and oxygen atoms in total. The second kappa shape index (κ2) is 8.30. The van der Waals surface area contributed by atoms with Crippen molar-refractivity contribution in [3.63, 3.8) is 0 Å². The van der Waals surface area contributed by atoms with E-state index in [1.165, 1.54) is 28.8 Å². The number of carbonyl (C=O) groups excluding carboxylic acids is 1. The summed E-state index contributed by atoms with van der Waals surface area (Å²) in [5.74, 6) is 0.645. The second-order valence-corrected chi connectivity index (χ2v) is 9.02. The van der Waals surface area contributed by atoms with E-state index < -0.39 is 4.92 Å². The molecule has 1 aliphatic rings. The number of nitrogens with zero attached hydrogens (tertiary/aromatic N) is 2. The number of rotatable bonds is 4. The van der Waals surface area contributed by atoms with Crippen LogP contribution < -0.4 is 4.90 Å². The Morgan fingerprint density at radius 3 is 2.65 bits per heavy atom. The van der Waals surface area contributed by atoms with E-state index in [1.807, 2.05) is 32.0 Å². The number of halogens is 1. The number of nitro benzene ring substituents is 1. The molecule has 0 saturated carbocycles. The molecular weight excluding hydrogens is 456 g/mol. The van der Waals surface area contributed by atoms with Crippen LogP contribution in [0.5, 0.6) is 0 Å². The Morgan fingerprint density at radius 2 is 1.94 bits per heavy atom. The van der Waals surface area contributed by atoms with Crippen molar-refractivity contribution in [3.8, 4) is 11.3 Å². The zero-order valence-corrected chi connectivity index (χ0v) is 18.8. The smallest absolute Gasteiger partial charge is 0.288 e. The lowest BCUT2D eigenvalue weighted by atomic mass is 10.1. The zero-order chi connectivity index (χ0) is 22.3. The van der Waals surface area contributed by atoms with E-state index in [-0.39, 0.29) is 16.6 Å². The van der Waals surface area contributed by atoms with E-state index in [0.717, 1.165) is 16.8 Å². The minimum atomic E-state index is -0.548. The van der Waals surface area contributed by atoms with Crippen LogP contribution in [0.4, 0.5) is 11.4 Å². The number of thioether (sulfide) groups is 1. The number of anilines is 1. The minimum Gasteiger partial charge on any atom is -0.457 e. The fourth-order valence-corrected chi connectivity index (χ4v) is 4.70. The summed E-state index contributed by atoms with van der Waals surface area (Å²) >= 11 is 12.5. The number of hydrogen-bond acceptors (Lipinski definition) is 6. The highest BCUT2D eigenvalue weighted by Gasteiger charge is 2.34. The molecule has 1 aromatic heterocycles. The summed E-state index contributed by atoms with van der Waals surface area (Å²) < 4.78 is 6.25. The van der Waals surface area contributed by atoms with E-state index in [2.05, 4.69) is 0 Å². The summed E-state index contributed by atoms with van der Waals surface area (Å²) in [5.41, 5.74) is 3.13. The van der Waals surface area contributed by atoms with Gasteiger partial charge < -0.3 is 4.42 Å². The Kier molecular flexibility index (Phi) is 5.70. The van der Waals surface area contributed by atoms with Crippen molar-refractivity contribution in [2.45, 2.75) is 13.8 Å². The molecule has 2 aromatic carbocycles. The highest BCUT2D eigenvalue weighted by atomic mass is 35.5. The Labute approximate surface area is 192 Å². The largest absolute Gasteiger partial charge is 0.457 e. The molecular formula is C22H15ClN2O4S2. The molecule has 31 heavy (non-hydrogen) atoms. The van der Waals surface area contributed by atoms with Crippen LogP contribution in [0.25, 0.3) is 17.4 Å². The van der Waals surface area contributed by atoms with Crippen molar-refractivity contribution in [2.75, 3.05) is 4.90 Å². The minimum absolute atomic E-state index is 0.0515. The van der Waals surface area contributed by atoms with Crippen molar-refractivity contribution < 1.29 is 14.1 Å². The lowest BCUT2D eigenvalue weighted by Crippen LogP contribution is -2.28. The van der Waals surface area contributed by atoms with Gasteiger partial charge in [0.1, 0.15) is 16.5 Å². The SMILES string of the molecule is Cc1ccc(N2C(=O)/C(=C\c3ccc(-c4ccc(Cl)c([N+](=O)[O-])c4)o3)SC2=S)c(C)c1. The van der Waals surface area contributed by atoms with Gasteiger partial charge in [0.05, 0.1) is 15.5 Å². The lowest BCUT2D eigenvalue weighted by molar-refractivity contribution is -0.384. The maximum atomic E-state index is 13.0. The first-order valence-electron chi connectivity index (χ1n) is 9.14. The van der Waals surface area contributed by atoms with Crippen LogP contribution >= 0.6 is 35.6 Å². The van der Waals surface area contributed by atoms with Crippen LogP contribution in [0.1, 0.15) is 16.9 Å². The van der Waals surface area contributed by atoms with Crippen LogP contribution in [0, 0.1) is 24.0 Å². The lowest BCUT2D eigenvalue weighted by Gasteiger charge is -2.17. The summed E-state index contributed by atoms with van der Waals surface area (Å²) in [6.45, 7) is 3.93. The quantitative estimate of drug-likeness (QED) is 0.187. The van der Waals surface area contributed by atoms with Gasteiger partial charge in [-0.3, -0.25) is 19.8 Å². The van der Waals surface area contributed by atoms with Crippen molar-refractivity contribution in [2.24, 2.45) is 0 Å². The molecule has 1 fully saturated rings. The predicted molar refractivity (Wildman–Crippen MR) is 127 cm³/mol. The molecule has 0 bridgehead atoms. The maximum Gasteiger partial charge on any atom is 0.288 e. The van der Waals surface area contributed by atoms with Gasteiger partial charge in [0.15, 0.2) is 4.32 Å². The number of thiocarbonyl (C=S) groups is 1. The van der Waals surface area contributed by atoms with Crippen LogP contribution in [0.3, 0.4) is 0 Å². The average Bonchev–Trinajstić information content (AvgIpc) is 3.28. The fraction of sp³-hybridized carbons (Fsp3) is 0.0909. The number of aryl methyl sites for hydroxylation is 2. The molecule has 0 N–H and O–H groups in total. The van der Waals surface area contributed by atoms with Crippen LogP contribution in [-0.4, -0.2) is 15.2 Å². The van der Waals surface area contributed by atoms with E-state index >= 15 is 0 Å². The third kappa shape index (κ3) is 4.14. The first-order valence-corrected chi connectivity index (χ1v) is 10.7.